The predicted molar refractivity (Wildman–Crippen MR) is 97.9 cm³/mol. The summed E-state index contributed by atoms with van der Waals surface area (Å²) in [4.78, 5) is 6.74. The quantitative estimate of drug-likeness (QED) is 0.772. The van der Waals surface area contributed by atoms with E-state index in [9.17, 15) is 5.11 Å². The van der Waals surface area contributed by atoms with E-state index in [1.165, 1.54) is 11.1 Å². The number of hydrogen-bond donors (Lipinski definition) is 1. The van der Waals surface area contributed by atoms with Crippen molar-refractivity contribution in [2.75, 3.05) is 13.1 Å². The molecule has 4 nitrogen and oxygen atoms in total. The van der Waals surface area contributed by atoms with Gasteiger partial charge in [-0.1, -0.05) is 48.5 Å². The van der Waals surface area contributed by atoms with Crippen LogP contribution in [0.15, 0.2) is 71.3 Å². The van der Waals surface area contributed by atoms with Crippen molar-refractivity contribution in [3.63, 3.8) is 0 Å². The van der Waals surface area contributed by atoms with Crippen LogP contribution < -0.4 is 0 Å². The van der Waals surface area contributed by atoms with Gasteiger partial charge in [0.05, 0.1) is 12.7 Å². The van der Waals surface area contributed by atoms with Gasteiger partial charge in [0.2, 0.25) is 5.89 Å². The number of aromatic hydroxyl groups is 1. The lowest BCUT2D eigenvalue weighted by atomic mass is 9.99. The van der Waals surface area contributed by atoms with Crippen molar-refractivity contribution in [3.8, 4) is 17.1 Å². The average Bonchev–Trinajstić information content (AvgIpc) is 3.12. The Labute approximate surface area is 147 Å². The molecule has 25 heavy (non-hydrogen) atoms. The third kappa shape index (κ3) is 3.64. The summed E-state index contributed by atoms with van der Waals surface area (Å²) in [5, 5.41) is 9.40. The highest BCUT2D eigenvalue weighted by Crippen LogP contribution is 2.25. The molecule has 0 fully saturated rings. The first-order chi connectivity index (χ1) is 12.3. The Morgan fingerprint density at radius 3 is 2.52 bits per heavy atom. The van der Waals surface area contributed by atoms with Gasteiger partial charge in [0.15, 0.2) is 5.76 Å². The second-order valence-electron chi connectivity index (χ2n) is 6.25. The lowest BCUT2D eigenvalue weighted by Crippen LogP contribution is -2.28. The zero-order valence-electron chi connectivity index (χ0n) is 13.9. The minimum atomic E-state index is 0.305. The Hall–Kier alpha value is -2.85. The van der Waals surface area contributed by atoms with Crippen LogP contribution in [0.1, 0.15) is 17.9 Å². The Balaban J connectivity index is 1.40. The number of phenols is 1. The van der Waals surface area contributed by atoms with Crippen molar-refractivity contribution in [2.45, 2.75) is 13.0 Å². The third-order valence-corrected chi connectivity index (χ3v) is 4.50. The monoisotopic (exact) mass is 332 g/mol. The van der Waals surface area contributed by atoms with E-state index in [1.54, 1.807) is 18.3 Å². The van der Waals surface area contributed by atoms with Gasteiger partial charge in [-0.15, -0.1) is 0 Å². The molecular weight excluding hydrogens is 312 g/mol. The number of oxazole rings is 1. The minimum absolute atomic E-state index is 0.305. The number of nitrogens with zero attached hydrogens (tertiary/aromatic N) is 2. The number of rotatable bonds is 4. The number of aromatic nitrogens is 1. The van der Waals surface area contributed by atoms with Crippen LogP contribution in [0.2, 0.25) is 0 Å². The van der Waals surface area contributed by atoms with E-state index in [2.05, 4.69) is 16.0 Å². The summed E-state index contributed by atoms with van der Waals surface area (Å²) in [6.45, 7) is 2.56. The van der Waals surface area contributed by atoms with Crippen LogP contribution in [0.4, 0.5) is 0 Å². The molecule has 0 saturated carbocycles. The third-order valence-electron chi connectivity index (χ3n) is 4.50. The molecule has 0 amide bonds. The number of hydrogen-bond acceptors (Lipinski definition) is 4. The van der Waals surface area contributed by atoms with Crippen molar-refractivity contribution in [1.82, 2.24) is 9.88 Å². The highest BCUT2D eigenvalue weighted by Gasteiger charge is 2.16. The number of phenolic OH excluding ortho intramolecular Hbond substituents is 1. The summed E-state index contributed by atoms with van der Waals surface area (Å²) in [5.41, 5.74) is 3.56. The van der Waals surface area contributed by atoms with Crippen LogP contribution in [-0.2, 0) is 6.54 Å². The molecule has 4 rings (SSSR count). The maximum Gasteiger partial charge on any atom is 0.209 e. The molecule has 126 valence electrons. The summed E-state index contributed by atoms with van der Waals surface area (Å²) in [6, 6.07) is 17.5. The van der Waals surface area contributed by atoms with Crippen LogP contribution in [0, 0.1) is 0 Å². The largest absolute Gasteiger partial charge is 0.508 e. The molecule has 1 N–H and O–H groups in total. The zero-order chi connectivity index (χ0) is 17.1. The Kier molecular flexibility index (Phi) is 4.36. The van der Waals surface area contributed by atoms with Gasteiger partial charge in [-0.2, -0.15) is 0 Å². The summed E-state index contributed by atoms with van der Waals surface area (Å²) in [7, 11) is 0. The Morgan fingerprint density at radius 2 is 1.80 bits per heavy atom. The molecule has 0 unspecified atom stereocenters. The topological polar surface area (TPSA) is 49.5 Å². The molecule has 0 atom stereocenters. The second kappa shape index (κ2) is 6.95. The van der Waals surface area contributed by atoms with Gasteiger partial charge in [0, 0.05) is 18.7 Å². The van der Waals surface area contributed by atoms with Gasteiger partial charge in [-0.05, 0) is 29.7 Å². The van der Waals surface area contributed by atoms with Crippen molar-refractivity contribution in [3.05, 3.63) is 78.3 Å². The predicted octanol–water partition coefficient (Wildman–Crippen LogP) is 4.34. The maximum absolute atomic E-state index is 9.40. The average molecular weight is 332 g/mol. The molecule has 3 aromatic rings. The summed E-state index contributed by atoms with van der Waals surface area (Å²) in [6.07, 6.45) is 5.03. The van der Waals surface area contributed by atoms with Crippen molar-refractivity contribution in [2.24, 2.45) is 0 Å². The first kappa shape index (κ1) is 15.7. The molecule has 2 heterocycles. The molecule has 1 aromatic heterocycles. The highest BCUT2D eigenvalue weighted by atomic mass is 16.4. The van der Waals surface area contributed by atoms with E-state index in [0.29, 0.717) is 12.3 Å². The van der Waals surface area contributed by atoms with E-state index in [1.807, 2.05) is 42.5 Å². The molecule has 0 saturated heterocycles. The fourth-order valence-electron chi connectivity index (χ4n) is 3.10. The molecule has 0 spiro atoms. The van der Waals surface area contributed by atoms with Gasteiger partial charge >= 0.3 is 0 Å². The molecule has 0 aliphatic carbocycles. The Morgan fingerprint density at radius 1 is 1.00 bits per heavy atom. The van der Waals surface area contributed by atoms with Gasteiger partial charge in [0.1, 0.15) is 5.75 Å². The highest BCUT2D eigenvalue weighted by molar-refractivity contribution is 5.67. The van der Waals surface area contributed by atoms with Crippen LogP contribution >= 0.6 is 0 Å². The van der Waals surface area contributed by atoms with Gasteiger partial charge in [0.25, 0.3) is 0 Å². The second-order valence-corrected chi connectivity index (χ2v) is 6.25. The maximum atomic E-state index is 9.40. The zero-order valence-corrected chi connectivity index (χ0v) is 13.9. The first-order valence-electron chi connectivity index (χ1n) is 8.49. The van der Waals surface area contributed by atoms with Gasteiger partial charge < -0.3 is 9.52 Å². The summed E-state index contributed by atoms with van der Waals surface area (Å²) in [5.74, 6) is 1.87. The SMILES string of the molecule is Oc1ccc(C2=CCN(Cc3ncc(-c4ccccc4)o3)CC2)cc1. The van der Waals surface area contributed by atoms with Crippen molar-refractivity contribution in [1.29, 1.82) is 0 Å². The standard InChI is InChI=1S/C21H20N2O2/c24-19-8-6-16(7-9-19)17-10-12-23(13-11-17)15-21-22-14-20(25-21)18-4-2-1-3-5-18/h1-10,14,24H,11-13,15H2. The van der Waals surface area contributed by atoms with Crippen molar-refractivity contribution < 1.29 is 9.52 Å². The van der Waals surface area contributed by atoms with E-state index < -0.39 is 0 Å². The smallest absolute Gasteiger partial charge is 0.209 e. The molecule has 2 aromatic carbocycles. The lowest BCUT2D eigenvalue weighted by Gasteiger charge is -2.25. The van der Waals surface area contributed by atoms with E-state index in [4.69, 9.17) is 4.42 Å². The Bertz CT molecular complexity index is 866. The van der Waals surface area contributed by atoms with Crippen molar-refractivity contribution >= 4 is 5.57 Å². The van der Waals surface area contributed by atoms with Crippen LogP contribution in [0.25, 0.3) is 16.9 Å². The van der Waals surface area contributed by atoms with Crippen LogP contribution in [0.5, 0.6) is 5.75 Å². The van der Waals surface area contributed by atoms with E-state index in [-0.39, 0.29) is 0 Å². The van der Waals surface area contributed by atoms with Gasteiger partial charge in [-0.3, -0.25) is 4.90 Å². The first-order valence-corrected chi connectivity index (χ1v) is 8.49. The molecule has 1 aliphatic heterocycles. The molecule has 1 aliphatic rings. The van der Waals surface area contributed by atoms with E-state index >= 15 is 0 Å². The van der Waals surface area contributed by atoms with Crippen LogP contribution in [-0.4, -0.2) is 28.1 Å². The molecule has 0 radical (unpaired) electrons. The molecule has 4 heteroatoms. The number of benzene rings is 2. The fourth-order valence-corrected chi connectivity index (χ4v) is 3.10. The molecular formula is C21H20N2O2. The van der Waals surface area contributed by atoms with Crippen LogP contribution in [0.3, 0.4) is 0 Å². The van der Waals surface area contributed by atoms with E-state index in [0.717, 1.165) is 36.7 Å². The summed E-state index contributed by atoms with van der Waals surface area (Å²) < 4.78 is 5.90. The fraction of sp³-hybridized carbons (Fsp3) is 0.190. The summed E-state index contributed by atoms with van der Waals surface area (Å²) >= 11 is 0. The molecule has 0 bridgehead atoms. The normalized spacial score (nSPS) is 15.1. The lowest BCUT2D eigenvalue weighted by molar-refractivity contribution is 0.263. The minimum Gasteiger partial charge on any atom is -0.508 e. The van der Waals surface area contributed by atoms with Gasteiger partial charge in [-0.25, -0.2) is 4.98 Å².